The zero-order valence-corrected chi connectivity index (χ0v) is 9.25. The van der Waals surface area contributed by atoms with E-state index >= 15 is 0 Å². The van der Waals surface area contributed by atoms with Gasteiger partial charge in [0.1, 0.15) is 4.90 Å². The van der Waals surface area contributed by atoms with Crippen LogP contribution in [-0.2, 0) is 15.5 Å². The molecule has 0 aliphatic heterocycles. The van der Waals surface area contributed by atoms with Crippen LogP contribution in [0.1, 0.15) is 12.5 Å². The lowest BCUT2D eigenvalue weighted by Crippen LogP contribution is -1.92. The van der Waals surface area contributed by atoms with E-state index in [1.807, 2.05) is 6.92 Å². The summed E-state index contributed by atoms with van der Waals surface area (Å²) in [5, 5.41) is 0.175. The van der Waals surface area contributed by atoms with Crippen molar-refractivity contribution in [2.24, 2.45) is 0 Å². The monoisotopic (exact) mass is 238 g/mol. The minimum absolute atomic E-state index is 0.0342. The molecule has 1 rings (SSSR count). The van der Waals surface area contributed by atoms with Gasteiger partial charge in [-0.15, -0.1) is 0 Å². The zero-order chi connectivity index (χ0) is 10.1. The van der Waals surface area contributed by atoms with Crippen molar-refractivity contribution >= 4 is 31.3 Å². The molecule has 5 heteroatoms. The molecule has 0 aliphatic carbocycles. The second-order valence-electron chi connectivity index (χ2n) is 2.56. The van der Waals surface area contributed by atoms with Crippen LogP contribution in [0.5, 0.6) is 0 Å². The lowest BCUT2D eigenvalue weighted by molar-refractivity contribution is 0.609. The van der Waals surface area contributed by atoms with E-state index in [-0.39, 0.29) is 9.92 Å². The van der Waals surface area contributed by atoms with Gasteiger partial charge in [0, 0.05) is 10.7 Å². The first-order valence-electron chi connectivity index (χ1n) is 3.68. The summed E-state index contributed by atoms with van der Waals surface area (Å²) in [7, 11) is 1.43. The van der Waals surface area contributed by atoms with E-state index in [4.69, 9.17) is 22.3 Å². The van der Waals surface area contributed by atoms with Gasteiger partial charge in [0.25, 0.3) is 9.05 Å². The Hall–Kier alpha value is -0.250. The third-order valence-electron chi connectivity index (χ3n) is 1.67. The Morgan fingerprint density at radius 2 is 2.00 bits per heavy atom. The summed E-state index contributed by atoms with van der Waals surface area (Å²) >= 11 is 5.73. The van der Waals surface area contributed by atoms with E-state index in [2.05, 4.69) is 0 Å². The Labute approximate surface area is 86.9 Å². The fourth-order valence-electron chi connectivity index (χ4n) is 0.962. The number of hydrogen-bond donors (Lipinski definition) is 0. The third-order valence-corrected chi connectivity index (χ3v) is 3.47. The molecule has 0 atom stereocenters. The Kier molecular flexibility index (Phi) is 3.22. The van der Waals surface area contributed by atoms with Crippen LogP contribution >= 0.6 is 22.3 Å². The highest BCUT2D eigenvalue weighted by molar-refractivity contribution is 8.13. The number of halogens is 2. The van der Waals surface area contributed by atoms with Crippen LogP contribution in [0.15, 0.2) is 23.1 Å². The van der Waals surface area contributed by atoms with E-state index in [0.29, 0.717) is 0 Å². The molecular weight excluding hydrogens is 231 g/mol. The van der Waals surface area contributed by atoms with Gasteiger partial charge in [-0.2, -0.15) is 0 Å². The molecule has 0 saturated carbocycles. The van der Waals surface area contributed by atoms with Crippen molar-refractivity contribution in [3.05, 3.63) is 28.8 Å². The highest BCUT2D eigenvalue weighted by atomic mass is 35.7. The lowest BCUT2D eigenvalue weighted by atomic mass is 10.2. The molecule has 2 nitrogen and oxygen atoms in total. The van der Waals surface area contributed by atoms with Crippen molar-refractivity contribution in [1.29, 1.82) is 0 Å². The largest absolute Gasteiger partial charge is 0.262 e. The fraction of sp³-hybridized carbons (Fsp3) is 0.250. The maximum atomic E-state index is 10.9. The highest BCUT2D eigenvalue weighted by Gasteiger charge is 2.14. The second-order valence-corrected chi connectivity index (χ2v) is 5.50. The summed E-state index contributed by atoms with van der Waals surface area (Å²) < 4.78 is 21.9. The van der Waals surface area contributed by atoms with Crippen molar-refractivity contribution < 1.29 is 8.42 Å². The predicted octanol–water partition coefficient (Wildman–Crippen LogP) is 2.83. The molecule has 13 heavy (non-hydrogen) atoms. The zero-order valence-electron chi connectivity index (χ0n) is 6.92. The van der Waals surface area contributed by atoms with Gasteiger partial charge < -0.3 is 0 Å². The van der Waals surface area contributed by atoms with Crippen LogP contribution in [0.25, 0.3) is 0 Å². The minimum atomic E-state index is -3.72. The molecular formula is C8H8Cl2O2S. The average Bonchev–Trinajstić information content (AvgIpc) is 2.01. The van der Waals surface area contributed by atoms with E-state index < -0.39 is 9.05 Å². The molecule has 0 spiro atoms. The quantitative estimate of drug-likeness (QED) is 0.743. The Morgan fingerprint density at radius 1 is 1.38 bits per heavy atom. The van der Waals surface area contributed by atoms with Crippen LogP contribution in [0.3, 0.4) is 0 Å². The maximum absolute atomic E-state index is 10.9. The fourth-order valence-corrected chi connectivity index (χ4v) is 2.51. The molecule has 1 aromatic carbocycles. The van der Waals surface area contributed by atoms with E-state index in [9.17, 15) is 8.42 Å². The molecule has 0 amide bonds. The smallest absolute Gasteiger partial charge is 0.207 e. The highest BCUT2D eigenvalue weighted by Crippen LogP contribution is 2.25. The Balaban J connectivity index is 3.29. The van der Waals surface area contributed by atoms with Crippen LogP contribution in [0.2, 0.25) is 5.02 Å². The Morgan fingerprint density at radius 3 is 2.38 bits per heavy atom. The first-order valence-corrected chi connectivity index (χ1v) is 6.37. The molecule has 0 heterocycles. The lowest BCUT2D eigenvalue weighted by Gasteiger charge is -2.01. The number of aryl methyl sites for hydroxylation is 1. The van der Waals surface area contributed by atoms with Crippen LogP contribution < -0.4 is 0 Å². The summed E-state index contributed by atoms with van der Waals surface area (Å²) in [4.78, 5) is -0.0342. The normalized spacial score (nSPS) is 11.6. The third kappa shape index (κ3) is 2.59. The molecule has 0 aliphatic rings. The standard InChI is InChI=1S/C8H8Cl2O2S/c1-2-6-3-4-8(7(9)5-6)13(10,11)12/h3-5H,2H2,1H3. The van der Waals surface area contributed by atoms with Gasteiger partial charge in [0.05, 0.1) is 5.02 Å². The van der Waals surface area contributed by atoms with E-state index in [0.717, 1.165) is 12.0 Å². The van der Waals surface area contributed by atoms with E-state index in [1.54, 1.807) is 12.1 Å². The molecule has 0 unspecified atom stereocenters. The van der Waals surface area contributed by atoms with Gasteiger partial charge in [-0.3, -0.25) is 0 Å². The van der Waals surface area contributed by atoms with Crippen molar-refractivity contribution in [1.82, 2.24) is 0 Å². The van der Waals surface area contributed by atoms with Crippen molar-refractivity contribution in [2.75, 3.05) is 0 Å². The summed E-state index contributed by atoms with van der Waals surface area (Å²) in [6.45, 7) is 1.96. The van der Waals surface area contributed by atoms with Crippen molar-refractivity contribution in [2.45, 2.75) is 18.2 Å². The van der Waals surface area contributed by atoms with Gasteiger partial charge >= 0.3 is 0 Å². The van der Waals surface area contributed by atoms with Crippen molar-refractivity contribution in [3.8, 4) is 0 Å². The summed E-state index contributed by atoms with van der Waals surface area (Å²) in [5.41, 5.74) is 0.981. The number of benzene rings is 1. The van der Waals surface area contributed by atoms with Crippen molar-refractivity contribution in [3.63, 3.8) is 0 Å². The molecule has 0 saturated heterocycles. The molecule has 72 valence electrons. The summed E-state index contributed by atoms with van der Waals surface area (Å²) in [6.07, 6.45) is 0.808. The SMILES string of the molecule is CCc1ccc(S(=O)(=O)Cl)c(Cl)c1. The average molecular weight is 239 g/mol. The molecule has 0 bridgehead atoms. The molecule has 1 aromatic rings. The molecule has 0 radical (unpaired) electrons. The number of rotatable bonds is 2. The molecule has 0 N–H and O–H groups in total. The second kappa shape index (κ2) is 3.86. The summed E-state index contributed by atoms with van der Waals surface area (Å²) in [5.74, 6) is 0. The van der Waals surface area contributed by atoms with Crippen LogP contribution in [-0.4, -0.2) is 8.42 Å². The van der Waals surface area contributed by atoms with Gasteiger partial charge in [0.15, 0.2) is 0 Å². The van der Waals surface area contributed by atoms with Gasteiger partial charge in [-0.1, -0.05) is 24.6 Å². The first-order chi connectivity index (χ1) is 5.95. The van der Waals surface area contributed by atoms with Gasteiger partial charge in [0.2, 0.25) is 0 Å². The number of hydrogen-bond acceptors (Lipinski definition) is 2. The summed E-state index contributed by atoms with van der Waals surface area (Å²) in [6, 6.07) is 4.72. The van der Waals surface area contributed by atoms with Gasteiger partial charge in [-0.25, -0.2) is 8.42 Å². The van der Waals surface area contributed by atoms with Crippen LogP contribution in [0.4, 0.5) is 0 Å². The molecule has 0 fully saturated rings. The maximum Gasteiger partial charge on any atom is 0.262 e. The first kappa shape index (κ1) is 10.8. The van der Waals surface area contributed by atoms with E-state index in [1.165, 1.54) is 6.07 Å². The Bertz CT molecular complexity index is 412. The predicted molar refractivity (Wildman–Crippen MR) is 53.9 cm³/mol. The van der Waals surface area contributed by atoms with Gasteiger partial charge in [-0.05, 0) is 24.1 Å². The molecule has 0 aromatic heterocycles. The topological polar surface area (TPSA) is 34.1 Å². The van der Waals surface area contributed by atoms with Crippen LogP contribution in [0, 0.1) is 0 Å². The minimum Gasteiger partial charge on any atom is -0.207 e.